The molecule has 0 fully saturated rings. The maximum atomic E-state index is 11.3. The van der Waals surface area contributed by atoms with Crippen LogP contribution in [0.25, 0.3) is 4.96 Å². The predicted molar refractivity (Wildman–Crippen MR) is 66.1 cm³/mol. The minimum absolute atomic E-state index is 0.157. The lowest BCUT2D eigenvalue weighted by atomic mass is 10.5. The average molecular weight is 253 g/mol. The molecule has 6 nitrogen and oxygen atoms in total. The molecule has 0 aliphatic carbocycles. The molecule has 0 saturated carbocycles. The van der Waals surface area contributed by atoms with E-state index in [1.54, 1.807) is 4.52 Å². The molecule has 92 valence electrons. The van der Waals surface area contributed by atoms with E-state index in [2.05, 4.69) is 20.7 Å². The topological polar surface area (TPSA) is 71.3 Å². The van der Waals surface area contributed by atoms with E-state index in [1.807, 2.05) is 20.0 Å². The van der Waals surface area contributed by atoms with E-state index in [0.29, 0.717) is 13.1 Å². The first-order valence-corrected chi connectivity index (χ1v) is 6.34. The van der Waals surface area contributed by atoms with Gasteiger partial charge in [-0.05, 0) is 13.3 Å². The van der Waals surface area contributed by atoms with E-state index >= 15 is 0 Å². The third kappa shape index (κ3) is 2.94. The number of nitrogens with one attached hydrogen (secondary N) is 2. The van der Waals surface area contributed by atoms with Crippen molar-refractivity contribution in [3.05, 3.63) is 16.9 Å². The molecule has 17 heavy (non-hydrogen) atoms. The quantitative estimate of drug-likeness (QED) is 0.863. The summed E-state index contributed by atoms with van der Waals surface area (Å²) in [6, 6.07) is -0.157. The smallest absolute Gasteiger partial charge is 0.315 e. The summed E-state index contributed by atoms with van der Waals surface area (Å²) in [4.78, 5) is 16.5. The van der Waals surface area contributed by atoms with Crippen molar-refractivity contribution in [3.63, 3.8) is 0 Å². The summed E-state index contributed by atoms with van der Waals surface area (Å²) in [6.45, 7) is 5.06. The molecule has 0 atom stereocenters. The number of nitrogens with zero attached hydrogens (tertiary/aromatic N) is 3. The van der Waals surface area contributed by atoms with Crippen molar-refractivity contribution >= 4 is 22.3 Å². The van der Waals surface area contributed by atoms with Crippen LogP contribution in [0.4, 0.5) is 4.79 Å². The number of hydrogen-bond acceptors (Lipinski definition) is 4. The van der Waals surface area contributed by atoms with Crippen LogP contribution in [-0.4, -0.2) is 27.2 Å². The van der Waals surface area contributed by atoms with Crippen LogP contribution in [0.2, 0.25) is 0 Å². The Kier molecular flexibility index (Phi) is 3.58. The molecule has 0 aromatic carbocycles. The molecule has 2 rings (SSSR count). The Labute approximate surface area is 103 Å². The predicted octanol–water partition coefficient (Wildman–Crippen LogP) is 1.31. The summed E-state index contributed by atoms with van der Waals surface area (Å²) in [5.41, 5.74) is 0.948. The van der Waals surface area contributed by atoms with Crippen LogP contribution in [-0.2, 0) is 6.54 Å². The van der Waals surface area contributed by atoms with Crippen LogP contribution in [0.1, 0.15) is 24.0 Å². The highest BCUT2D eigenvalue weighted by molar-refractivity contribution is 7.16. The molecule has 2 aromatic rings. The monoisotopic (exact) mass is 253 g/mol. The van der Waals surface area contributed by atoms with Gasteiger partial charge in [-0.25, -0.2) is 14.3 Å². The lowest BCUT2D eigenvalue weighted by molar-refractivity contribution is 0.240. The Balaban J connectivity index is 1.90. The minimum Gasteiger partial charge on any atom is -0.338 e. The summed E-state index contributed by atoms with van der Waals surface area (Å²) in [7, 11) is 0. The van der Waals surface area contributed by atoms with Gasteiger partial charge in [-0.1, -0.05) is 18.3 Å². The molecular formula is C10H15N5OS. The number of imidazole rings is 1. The van der Waals surface area contributed by atoms with Gasteiger partial charge in [0.15, 0.2) is 0 Å². The molecule has 2 N–H and O–H groups in total. The SMILES string of the molecule is CCCNC(=O)NCc1nn2cc(C)nc2s1. The van der Waals surface area contributed by atoms with Crippen molar-refractivity contribution in [2.75, 3.05) is 6.54 Å². The van der Waals surface area contributed by atoms with Gasteiger partial charge in [0.05, 0.1) is 18.4 Å². The van der Waals surface area contributed by atoms with Crippen molar-refractivity contribution < 1.29 is 4.79 Å². The highest BCUT2D eigenvalue weighted by Gasteiger charge is 2.07. The van der Waals surface area contributed by atoms with Crippen molar-refractivity contribution in [1.82, 2.24) is 25.2 Å². The molecule has 0 saturated heterocycles. The number of aromatic nitrogens is 3. The fourth-order valence-electron chi connectivity index (χ4n) is 1.38. The van der Waals surface area contributed by atoms with Crippen LogP contribution >= 0.6 is 11.3 Å². The number of fused-ring (bicyclic) bond motifs is 1. The number of urea groups is 1. The van der Waals surface area contributed by atoms with Crippen LogP contribution in [0.3, 0.4) is 0 Å². The Morgan fingerprint density at radius 1 is 1.53 bits per heavy atom. The molecule has 0 radical (unpaired) electrons. The molecule has 0 unspecified atom stereocenters. The molecular weight excluding hydrogens is 238 g/mol. The largest absolute Gasteiger partial charge is 0.338 e. The summed E-state index contributed by atoms with van der Waals surface area (Å²) < 4.78 is 1.74. The first-order valence-electron chi connectivity index (χ1n) is 5.52. The molecule has 0 aliphatic rings. The first kappa shape index (κ1) is 11.8. The molecule has 0 aliphatic heterocycles. The van der Waals surface area contributed by atoms with Crippen LogP contribution in [0.5, 0.6) is 0 Å². The van der Waals surface area contributed by atoms with E-state index in [1.165, 1.54) is 11.3 Å². The lowest BCUT2D eigenvalue weighted by Gasteiger charge is -2.03. The van der Waals surface area contributed by atoms with Crippen molar-refractivity contribution in [3.8, 4) is 0 Å². The summed E-state index contributed by atoms with van der Waals surface area (Å²) in [5.74, 6) is 0. The number of carbonyl (C=O) groups is 1. The number of carbonyl (C=O) groups excluding carboxylic acids is 1. The number of amides is 2. The molecule has 2 amide bonds. The number of aryl methyl sites for hydroxylation is 1. The van der Waals surface area contributed by atoms with E-state index in [-0.39, 0.29) is 6.03 Å². The average Bonchev–Trinajstić information content (AvgIpc) is 2.80. The van der Waals surface area contributed by atoms with E-state index in [0.717, 1.165) is 22.1 Å². The van der Waals surface area contributed by atoms with E-state index in [4.69, 9.17) is 0 Å². The molecule has 0 bridgehead atoms. The van der Waals surface area contributed by atoms with Gasteiger partial charge in [0.25, 0.3) is 0 Å². The number of rotatable bonds is 4. The van der Waals surface area contributed by atoms with Crippen LogP contribution < -0.4 is 10.6 Å². The zero-order valence-corrected chi connectivity index (χ0v) is 10.7. The highest BCUT2D eigenvalue weighted by Crippen LogP contribution is 2.13. The first-order chi connectivity index (χ1) is 8.19. The second-order valence-electron chi connectivity index (χ2n) is 3.71. The second-order valence-corrected chi connectivity index (χ2v) is 4.76. The summed E-state index contributed by atoms with van der Waals surface area (Å²) in [5, 5.41) is 10.7. The van der Waals surface area contributed by atoms with Gasteiger partial charge in [0.1, 0.15) is 5.01 Å². The fourth-order valence-corrected chi connectivity index (χ4v) is 2.24. The maximum Gasteiger partial charge on any atom is 0.315 e. The zero-order valence-electron chi connectivity index (χ0n) is 9.86. The third-order valence-electron chi connectivity index (χ3n) is 2.14. The summed E-state index contributed by atoms with van der Waals surface area (Å²) in [6.07, 6.45) is 2.80. The molecule has 7 heteroatoms. The van der Waals surface area contributed by atoms with Gasteiger partial charge < -0.3 is 10.6 Å². The van der Waals surface area contributed by atoms with Crippen molar-refractivity contribution in [1.29, 1.82) is 0 Å². The standard InChI is InChI=1S/C10H15N5OS/c1-3-4-11-9(16)12-5-8-14-15-6-7(2)13-10(15)17-8/h6H,3-5H2,1-2H3,(H2,11,12,16). The van der Waals surface area contributed by atoms with E-state index in [9.17, 15) is 4.79 Å². The van der Waals surface area contributed by atoms with Gasteiger partial charge in [-0.3, -0.25) is 0 Å². The Morgan fingerprint density at radius 2 is 2.35 bits per heavy atom. The molecule has 2 aromatic heterocycles. The fraction of sp³-hybridized carbons (Fsp3) is 0.500. The van der Waals surface area contributed by atoms with Crippen LogP contribution in [0, 0.1) is 6.92 Å². The maximum absolute atomic E-state index is 11.3. The Bertz CT molecular complexity index is 486. The number of hydrogen-bond donors (Lipinski definition) is 2. The van der Waals surface area contributed by atoms with Crippen molar-refractivity contribution in [2.45, 2.75) is 26.8 Å². The van der Waals surface area contributed by atoms with E-state index < -0.39 is 0 Å². The van der Waals surface area contributed by atoms with Gasteiger partial charge >= 0.3 is 6.03 Å². The van der Waals surface area contributed by atoms with Gasteiger partial charge in [-0.2, -0.15) is 5.10 Å². The van der Waals surface area contributed by atoms with Crippen molar-refractivity contribution in [2.24, 2.45) is 0 Å². The lowest BCUT2D eigenvalue weighted by Crippen LogP contribution is -2.35. The second kappa shape index (κ2) is 5.13. The third-order valence-corrected chi connectivity index (χ3v) is 3.06. The van der Waals surface area contributed by atoms with Gasteiger partial charge in [0.2, 0.25) is 4.96 Å². The van der Waals surface area contributed by atoms with Gasteiger partial charge in [0, 0.05) is 6.54 Å². The molecule has 2 heterocycles. The van der Waals surface area contributed by atoms with Gasteiger partial charge in [-0.15, -0.1) is 0 Å². The summed E-state index contributed by atoms with van der Waals surface area (Å²) >= 11 is 1.48. The molecule has 0 spiro atoms. The Morgan fingerprint density at radius 3 is 3.06 bits per heavy atom. The highest BCUT2D eigenvalue weighted by atomic mass is 32.1. The zero-order chi connectivity index (χ0) is 12.3. The Hall–Kier alpha value is -1.63. The normalized spacial score (nSPS) is 10.7. The van der Waals surface area contributed by atoms with Crippen LogP contribution in [0.15, 0.2) is 6.20 Å². The minimum atomic E-state index is -0.157.